The van der Waals surface area contributed by atoms with Gasteiger partial charge in [0.25, 0.3) is 5.91 Å². The second-order valence-corrected chi connectivity index (χ2v) is 4.87. The highest BCUT2D eigenvalue weighted by Crippen LogP contribution is 2.25. The van der Waals surface area contributed by atoms with Crippen molar-refractivity contribution in [1.82, 2.24) is 5.32 Å². The van der Waals surface area contributed by atoms with Gasteiger partial charge in [-0.2, -0.15) is 0 Å². The van der Waals surface area contributed by atoms with Crippen LogP contribution >= 0.6 is 11.3 Å². The summed E-state index contributed by atoms with van der Waals surface area (Å²) >= 11 is 1.54. The summed E-state index contributed by atoms with van der Waals surface area (Å²) in [6.07, 6.45) is 0. The molecule has 0 fully saturated rings. The molecule has 0 radical (unpaired) electrons. The van der Waals surface area contributed by atoms with Crippen molar-refractivity contribution in [2.45, 2.75) is 6.04 Å². The Morgan fingerprint density at radius 1 is 1.50 bits per heavy atom. The van der Waals surface area contributed by atoms with Gasteiger partial charge >= 0.3 is 0 Å². The maximum atomic E-state index is 12.1. The molecular weight excluding hydrogens is 250 g/mol. The molecule has 0 spiro atoms. The van der Waals surface area contributed by atoms with E-state index in [2.05, 4.69) is 5.32 Å². The summed E-state index contributed by atoms with van der Waals surface area (Å²) in [4.78, 5) is 12.1. The molecule has 0 saturated carbocycles. The lowest BCUT2D eigenvalue weighted by Crippen LogP contribution is -2.40. The van der Waals surface area contributed by atoms with Gasteiger partial charge in [-0.05, 0) is 6.07 Å². The highest BCUT2D eigenvalue weighted by molar-refractivity contribution is 7.17. The number of thiophene rings is 1. The Labute approximate surface area is 109 Å². The zero-order chi connectivity index (χ0) is 13.0. The molecule has 96 valence electrons. The van der Waals surface area contributed by atoms with Crippen LogP contribution in [0.3, 0.4) is 0 Å². The number of hydrogen-bond acceptors (Lipinski definition) is 4. The summed E-state index contributed by atoms with van der Waals surface area (Å²) in [7, 11) is 1.54. The van der Waals surface area contributed by atoms with Crippen LogP contribution in [0.15, 0.2) is 29.6 Å². The van der Waals surface area contributed by atoms with Gasteiger partial charge in [0.2, 0.25) is 0 Å². The van der Waals surface area contributed by atoms with Gasteiger partial charge in [0.05, 0.1) is 24.8 Å². The van der Waals surface area contributed by atoms with Crippen LogP contribution in [0.4, 0.5) is 0 Å². The number of aliphatic hydroxyl groups is 1. The zero-order valence-electron chi connectivity index (χ0n) is 10.1. The molecule has 0 saturated heterocycles. The summed E-state index contributed by atoms with van der Waals surface area (Å²) in [5, 5.41) is 14.7. The van der Waals surface area contributed by atoms with E-state index in [1.54, 1.807) is 0 Å². The quantitative estimate of drug-likeness (QED) is 0.864. The molecule has 1 unspecified atom stereocenters. The highest BCUT2D eigenvalue weighted by Gasteiger charge is 2.15. The summed E-state index contributed by atoms with van der Waals surface area (Å²) in [6.45, 7) is 0.159. The third kappa shape index (κ3) is 2.69. The largest absolute Gasteiger partial charge is 0.394 e. The van der Waals surface area contributed by atoms with Gasteiger partial charge in [-0.3, -0.25) is 4.79 Å². The van der Waals surface area contributed by atoms with Crippen LogP contribution in [0, 0.1) is 0 Å². The minimum atomic E-state index is -0.374. The standard InChI is InChI=1S/C13H15NO3S/c1-17-7-9(6-15)14-13(16)11-8-18-12-5-3-2-4-10(11)12/h2-5,8-9,15H,6-7H2,1H3,(H,14,16). The van der Waals surface area contributed by atoms with E-state index < -0.39 is 0 Å². The Morgan fingerprint density at radius 2 is 2.28 bits per heavy atom. The molecular formula is C13H15NO3S. The van der Waals surface area contributed by atoms with Crippen molar-refractivity contribution in [2.24, 2.45) is 0 Å². The van der Waals surface area contributed by atoms with E-state index in [0.717, 1.165) is 10.1 Å². The molecule has 1 aromatic carbocycles. The molecule has 2 aromatic rings. The second-order valence-electron chi connectivity index (χ2n) is 3.95. The first-order valence-corrected chi connectivity index (χ1v) is 6.51. The number of fused-ring (bicyclic) bond motifs is 1. The van der Waals surface area contributed by atoms with Crippen LogP contribution in [0.2, 0.25) is 0 Å². The van der Waals surface area contributed by atoms with Gasteiger partial charge in [-0.15, -0.1) is 11.3 Å². The van der Waals surface area contributed by atoms with Gasteiger partial charge in [0.15, 0.2) is 0 Å². The van der Waals surface area contributed by atoms with Crippen LogP contribution in [-0.4, -0.2) is 37.4 Å². The van der Waals surface area contributed by atoms with Crippen molar-refractivity contribution in [2.75, 3.05) is 20.3 Å². The van der Waals surface area contributed by atoms with E-state index in [9.17, 15) is 4.79 Å². The fourth-order valence-corrected chi connectivity index (χ4v) is 2.70. The number of methoxy groups -OCH3 is 1. The molecule has 5 heteroatoms. The molecule has 0 bridgehead atoms. The maximum Gasteiger partial charge on any atom is 0.253 e. The lowest BCUT2D eigenvalue weighted by molar-refractivity contribution is 0.0841. The second kappa shape index (κ2) is 5.95. The molecule has 4 nitrogen and oxygen atoms in total. The van der Waals surface area contributed by atoms with Gasteiger partial charge in [0.1, 0.15) is 0 Å². The predicted octanol–water partition coefficient (Wildman–Crippen LogP) is 1.64. The zero-order valence-corrected chi connectivity index (χ0v) is 10.9. The molecule has 0 aliphatic carbocycles. The third-order valence-electron chi connectivity index (χ3n) is 2.65. The molecule has 1 heterocycles. The summed E-state index contributed by atoms with van der Waals surface area (Å²) in [5.74, 6) is -0.177. The van der Waals surface area contributed by atoms with E-state index in [0.29, 0.717) is 12.2 Å². The van der Waals surface area contributed by atoms with Crippen molar-refractivity contribution in [3.8, 4) is 0 Å². The number of rotatable bonds is 5. The van der Waals surface area contributed by atoms with Crippen LogP contribution in [0.5, 0.6) is 0 Å². The minimum Gasteiger partial charge on any atom is -0.394 e. The van der Waals surface area contributed by atoms with Crippen molar-refractivity contribution >= 4 is 27.3 Å². The molecule has 2 N–H and O–H groups in total. The van der Waals surface area contributed by atoms with E-state index in [1.165, 1.54) is 18.4 Å². The Kier molecular flexibility index (Phi) is 4.30. The number of ether oxygens (including phenoxy) is 1. The fourth-order valence-electron chi connectivity index (χ4n) is 1.76. The first-order valence-electron chi connectivity index (χ1n) is 5.63. The smallest absolute Gasteiger partial charge is 0.253 e. The van der Waals surface area contributed by atoms with Crippen molar-refractivity contribution in [3.05, 3.63) is 35.2 Å². The molecule has 2 rings (SSSR count). The molecule has 1 amide bonds. The summed E-state index contributed by atoms with van der Waals surface area (Å²) in [6, 6.07) is 7.38. The van der Waals surface area contributed by atoms with E-state index in [4.69, 9.17) is 9.84 Å². The summed E-state index contributed by atoms with van der Waals surface area (Å²) in [5.41, 5.74) is 0.644. The first-order chi connectivity index (χ1) is 8.76. The van der Waals surface area contributed by atoms with Crippen molar-refractivity contribution in [3.63, 3.8) is 0 Å². The normalized spacial score (nSPS) is 12.6. The SMILES string of the molecule is COCC(CO)NC(=O)c1csc2ccccc12. The molecule has 18 heavy (non-hydrogen) atoms. The average Bonchev–Trinajstić information content (AvgIpc) is 2.82. The number of nitrogens with one attached hydrogen (secondary N) is 1. The number of hydrogen-bond donors (Lipinski definition) is 2. The van der Waals surface area contributed by atoms with E-state index in [-0.39, 0.29) is 18.6 Å². The van der Waals surface area contributed by atoms with Crippen molar-refractivity contribution < 1.29 is 14.6 Å². The van der Waals surface area contributed by atoms with Gasteiger partial charge in [-0.1, -0.05) is 18.2 Å². The number of benzene rings is 1. The van der Waals surface area contributed by atoms with E-state index >= 15 is 0 Å². The predicted molar refractivity (Wildman–Crippen MR) is 72.0 cm³/mol. The number of aliphatic hydroxyl groups excluding tert-OH is 1. The van der Waals surface area contributed by atoms with Crippen LogP contribution in [0.1, 0.15) is 10.4 Å². The van der Waals surface area contributed by atoms with Crippen LogP contribution in [0.25, 0.3) is 10.1 Å². The topological polar surface area (TPSA) is 58.6 Å². The third-order valence-corrected chi connectivity index (χ3v) is 3.61. The lowest BCUT2D eigenvalue weighted by Gasteiger charge is -2.14. The highest BCUT2D eigenvalue weighted by atomic mass is 32.1. The Hall–Kier alpha value is -1.43. The molecule has 0 aliphatic rings. The lowest BCUT2D eigenvalue weighted by atomic mass is 10.1. The Bertz CT molecular complexity index is 538. The maximum absolute atomic E-state index is 12.1. The first kappa shape index (κ1) is 13.0. The van der Waals surface area contributed by atoms with Gasteiger partial charge in [0, 0.05) is 22.6 Å². The summed E-state index contributed by atoms with van der Waals surface area (Å²) < 4.78 is 6.01. The van der Waals surface area contributed by atoms with Gasteiger partial charge in [-0.25, -0.2) is 0 Å². The molecule has 0 aliphatic heterocycles. The fraction of sp³-hybridized carbons (Fsp3) is 0.308. The number of carbonyl (C=O) groups excluding carboxylic acids is 1. The Morgan fingerprint density at radius 3 is 3.00 bits per heavy atom. The van der Waals surface area contributed by atoms with Gasteiger partial charge < -0.3 is 15.2 Å². The van der Waals surface area contributed by atoms with Crippen molar-refractivity contribution in [1.29, 1.82) is 0 Å². The van der Waals surface area contributed by atoms with E-state index in [1.807, 2.05) is 29.6 Å². The van der Waals surface area contributed by atoms with Crippen LogP contribution < -0.4 is 5.32 Å². The number of amides is 1. The Balaban J connectivity index is 2.18. The molecule has 1 aromatic heterocycles. The average molecular weight is 265 g/mol. The minimum absolute atomic E-state index is 0.137. The molecule has 1 atom stereocenters. The monoisotopic (exact) mass is 265 g/mol. The van der Waals surface area contributed by atoms with Crippen LogP contribution in [-0.2, 0) is 4.74 Å². The number of carbonyl (C=O) groups is 1.